The number of thiophene rings is 1. The number of amides is 2. The van der Waals surface area contributed by atoms with E-state index in [1.54, 1.807) is 35.6 Å². The molecule has 34 heavy (non-hydrogen) atoms. The van der Waals surface area contributed by atoms with Gasteiger partial charge in [0.1, 0.15) is 5.82 Å². The Labute approximate surface area is 197 Å². The maximum absolute atomic E-state index is 13.9. The van der Waals surface area contributed by atoms with Crippen molar-refractivity contribution < 1.29 is 30.8 Å². The predicted octanol–water partition coefficient (Wildman–Crippen LogP) is 6.04. The topological polar surface area (TPSA) is 66.5 Å². The van der Waals surface area contributed by atoms with Gasteiger partial charge in [-0.05, 0) is 71.1 Å². The molecule has 1 aliphatic heterocycles. The van der Waals surface area contributed by atoms with E-state index >= 15 is 0 Å². The van der Waals surface area contributed by atoms with E-state index in [9.17, 15) is 30.8 Å². The van der Waals surface area contributed by atoms with Crippen molar-refractivity contribution in [2.24, 2.45) is 0 Å². The maximum atomic E-state index is 13.9. The summed E-state index contributed by atoms with van der Waals surface area (Å²) >= 11 is 1.55. The van der Waals surface area contributed by atoms with Crippen LogP contribution in [0.4, 0.5) is 28.0 Å². The number of hydrogen-bond donors (Lipinski definition) is 1. The summed E-state index contributed by atoms with van der Waals surface area (Å²) in [6.45, 7) is 0.145. The normalized spacial score (nSPS) is 15.4. The number of nitrogens with zero attached hydrogens (tertiary/aromatic N) is 1. The van der Waals surface area contributed by atoms with Gasteiger partial charge in [-0.1, -0.05) is 12.1 Å². The molecule has 0 radical (unpaired) electrons. The van der Waals surface area contributed by atoms with E-state index in [1.165, 1.54) is 4.90 Å². The number of halogens is 4. The first-order valence-corrected chi connectivity index (χ1v) is 12.8. The third-order valence-electron chi connectivity index (χ3n) is 5.74. The molecule has 0 bridgehead atoms. The fraction of sp³-hybridized carbons (Fsp3) is 0.261. The second-order valence-corrected chi connectivity index (χ2v) is 10.9. The molecular weight excluding hydrogens is 492 g/mol. The Bertz CT molecular complexity index is 1270. The van der Waals surface area contributed by atoms with E-state index in [4.69, 9.17) is 0 Å². The molecule has 0 saturated carbocycles. The van der Waals surface area contributed by atoms with Crippen molar-refractivity contribution in [2.45, 2.75) is 29.2 Å². The van der Waals surface area contributed by atoms with Crippen LogP contribution in [0.2, 0.25) is 0 Å². The van der Waals surface area contributed by atoms with Crippen LogP contribution < -0.4 is 5.32 Å². The van der Waals surface area contributed by atoms with Crippen LogP contribution in [-0.4, -0.2) is 37.7 Å². The van der Waals surface area contributed by atoms with Crippen molar-refractivity contribution in [1.29, 1.82) is 0 Å². The summed E-state index contributed by atoms with van der Waals surface area (Å²) in [4.78, 5) is 13.9. The highest BCUT2D eigenvalue weighted by Gasteiger charge is 2.34. The Kier molecular flexibility index (Phi) is 6.68. The third kappa shape index (κ3) is 5.10. The van der Waals surface area contributed by atoms with Crippen molar-refractivity contribution in [3.63, 3.8) is 0 Å². The predicted molar refractivity (Wildman–Crippen MR) is 122 cm³/mol. The molecule has 4 rings (SSSR count). The van der Waals surface area contributed by atoms with Crippen molar-refractivity contribution in [2.75, 3.05) is 18.4 Å². The molecule has 1 aliphatic rings. The van der Waals surface area contributed by atoms with Crippen LogP contribution in [0.5, 0.6) is 0 Å². The van der Waals surface area contributed by atoms with Gasteiger partial charge in [0, 0.05) is 13.1 Å². The Morgan fingerprint density at radius 2 is 1.68 bits per heavy atom. The summed E-state index contributed by atoms with van der Waals surface area (Å²) in [5, 5.41) is 5.36. The summed E-state index contributed by atoms with van der Waals surface area (Å²) in [5.74, 6) is -0.996. The lowest BCUT2D eigenvalue weighted by atomic mass is 10.1. The summed E-state index contributed by atoms with van der Waals surface area (Å²) in [5.41, 5.74) is 0.248. The number of carbonyl (C=O) groups is 1. The Hall–Kier alpha value is -2.92. The summed E-state index contributed by atoms with van der Waals surface area (Å²) in [6, 6.07) is 9.56. The summed E-state index contributed by atoms with van der Waals surface area (Å²) in [6.07, 6.45) is -4.36. The minimum absolute atomic E-state index is 0.0727. The zero-order valence-electron chi connectivity index (χ0n) is 17.7. The molecule has 5 nitrogen and oxygen atoms in total. The molecule has 0 atom stereocenters. The highest BCUT2D eigenvalue weighted by molar-refractivity contribution is 7.92. The van der Waals surface area contributed by atoms with E-state index in [1.807, 2.05) is 16.8 Å². The molecule has 2 heterocycles. The number of nitrogens with one attached hydrogen (secondary N) is 1. The molecule has 1 N–H and O–H groups in total. The van der Waals surface area contributed by atoms with Gasteiger partial charge in [-0.2, -0.15) is 24.5 Å². The van der Waals surface area contributed by atoms with Gasteiger partial charge in [0.05, 0.1) is 21.4 Å². The second-order valence-electron chi connectivity index (χ2n) is 7.89. The van der Waals surface area contributed by atoms with Gasteiger partial charge < -0.3 is 10.2 Å². The van der Waals surface area contributed by atoms with Crippen molar-refractivity contribution in [3.05, 3.63) is 70.7 Å². The highest BCUT2D eigenvalue weighted by atomic mass is 32.2. The number of piperidine rings is 1. The van der Waals surface area contributed by atoms with E-state index in [-0.39, 0.29) is 30.8 Å². The number of sulfone groups is 1. The smallest absolute Gasteiger partial charge is 0.324 e. The van der Waals surface area contributed by atoms with Crippen molar-refractivity contribution >= 4 is 32.9 Å². The number of rotatable bonds is 4. The largest absolute Gasteiger partial charge is 0.416 e. The number of carbonyl (C=O) groups excluding carboxylic acids is 1. The van der Waals surface area contributed by atoms with Gasteiger partial charge in [-0.25, -0.2) is 17.6 Å². The van der Waals surface area contributed by atoms with Crippen molar-refractivity contribution in [3.8, 4) is 11.1 Å². The molecule has 1 saturated heterocycles. The minimum Gasteiger partial charge on any atom is -0.324 e. The number of urea groups is 1. The van der Waals surface area contributed by atoms with E-state index in [0.717, 1.165) is 11.1 Å². The zero-order valence-corrected chi connectivity index (χ0v) is 19.3. The molecule has 2 aromatic carbocycles. The first-order chi connectivity index (χ1) is 16.1. The van der Waals surface area contributed by atoms with Crippen LogP contribution in [-0.2, 0) is 16.0 Å². The lowest BCUT2D eigenvalue weighted by Gasteiger charge is -2.31. The molecule has 180 valence electrons. The first-order valence-electron chi connectivity index (χ1n) is 10.3. The fourth-order valence-electron chi connectivity index (χ4n) is 3.82. The van der Waals surface area contributed by atoms with Gasteiger partial charge in [0.15, 0.2) is 9.84 Å². The molecule has 0 spiro atoms. The quantitative estimate of drug-likeness (QED) is 0.433. The fourth-order valence-corrected chi connectivity index (χ4v) is 6.22. The van der Waals surface area contributed by atoms with E-state index in [0.29, 0.717) is 18.2 Å². The standard InChI is InChI=1S/C23H20F4N2O3S2/c24-20-6-3-17(23(25,26)27)13-21(20)28-22(30)29-10-7-19(8-11-29)34(31,32)18-4-1-15(2-5-18)16-9-12-33-14-16/h1-6,9,12-14,19H,7-8,10-11H2,(H,28,30). The molecular formula is C23H20F4N2O3S2. The van der Waals surface area contributed by atoms with E-state index < -0.39 is 44.4 Å². The minimum atomic E-state index is -4.68. The van der Waals surface area contributed by atoms with Gasteiger partial charge in [0.25, 0.3) is 0 Å². The van der Waals surface area contributed by atoms with Gasteiger partial charge in [-0.3, -0.25) is 0 Å². The molecule has 0 unspecified atom stereocenters. The monoisotopic (exact) mass is 512 g/mol. The van der Waals surface area contributed by atoms with Crippen LogP contribution in [0.15, 0.2) is 64.2 Å². The second kappa shape index (κ2) is 9.38. The number of likely N-dealkylation sites (tertiary alicyclic amines) is 1. The summed E-state index contributed by atoms with van der Waals surface area (Å²) in [7, 11) is -3.63. The Balaban J connectivity index is 1.39. The SMILES string of the molecule is O=C(Nc1cc(C(F)(F)F)ccc1F)N1CCC(S(=O)(=O)c2ccc(-c3ccsc3)cc2)CC1. The van der Waals surface area contributed by atoms with Gasteiger partial charge in [-0.15, -0.1) is 0 Å². The van der Waals surface area contributed by atoms with Crippen LogP contribution in [0, 0.1) is 5.82 Å². The maximum Gasteiger partial charge on any atom is 0.416 e. The molecule has 2 amide bonds. The molecule has 11 heteroatoms. The lowest BCUT2D eigenvalue weighted by Crippen LogP contribution is -2.44. The Morgan fingerprint density at radius 3 is 2.26 bits per heavy atom. The van der Waals surface area contributed by atoms with Crippen LogP contribution in [0.3, 0.4) is 0 Å². The van der Waals surface area contributed by atoms with Gasteiger partial charge in [0.2, 0.25) is 0 Å². The van der Waals surface area contributed by atoms with Crippen LogP contribution >= 0.6 is 11.3 Å². The third-order valence-corrected chi connectivity index (χ3v) is 8.70. The average Bonchev–Trinajstić information content (AvgIpc) is 3.35. The van der Waals surface area contributed by atoms with Crippen LogP contribution in [0.25, 0.3) is 11.1 Å². The van der Waals surface area contributed by atoms with Gasteiger partial charge >= 0.3 is 12.2 Å². The molecule has 1 fully saturated rings. The average molecular weight is 513 g/mol. The van der Waals surface area contributed by atoms with Crippen molar-refractivity contribution in [1.82, 2.24) is 4.90 Å². The molecule has 3 aromatic rings. The number of alkyl halides is 3. The first kappa shape index (κ1) is 24.2. The summed E-state index contributed by atoms with van der Waals surface area (Å²) < 4.78 is 78.7. The zero-order chi connectivity index (χ0) is 24.5. The number of anilines is 1. The highest BCUT2D eigenvalue weighted by Crippen LogP contribution is 2.32. The molecule has 0 aliphatic carbocycles. The van der Waals surface area contributed by atoms with E-state index in [2.05, 4.69) is 5.32 Å². The molecule has 1 aromatic heterocycles. The lowest BCUT2D eigenvalue weighted by molar-refractivity contribution is -0.137. The van der Waals surface area contributed by atoms with Crippen LogP contribution in [0.1, 0.15) is 18.4 Å². The number of benzene rings is 2. The number of hydrogen-bond acceptors (Lipinski definition) is 4. The Morgan fingerprint density at radius 1 is 1.00 bits per heavy atom.